The molecule has 0 saturated carbocycles. The van der Waals surface area contributed by atoms with Crippen LogP contribution in [0.25, 0.3) is 0 Å². The van der Waals surface area contributed by atoms with E-state index in [1.807, 2.05) is 35.7 Å². The van der Waals surface area contributed by atoms with Crippen molar-refractivity contribution in [2.24, 2.45) is 7.05 Å². The minimum Gasteiger partial charge on any atom is -0.312 e. The van der Waals surface area contributed by atoms with Gasteiger partial charge in [-0.2, -0.15) is 5.10 Å². The molecular weight excluding hydrogens is 220 g/mol. The standard InChI is InChI=1S/C11H16N4S/c1-9(11-13-3-4-16-11)5-12-6-10-7-14-15(2)8-10/h3-4,7-9,12H,5-6H2,1-2H3. The first-order chi connectivity index (χ1) is 7.75. The first-order valence-electron chi connectivity index (χ1n) is 5.33. The van der Waals surface area contributed by atoms with Crippen LogP contribution < -0.4 is 5.32 Å². The van der Waals surface area contributed by atoms with Gasteiger partial charge in [0.05, 0.1) is 11.2 Å². The molecule has 16 heavy (non-hydrogen) atoms. The van der Waals surface area contributed by atoms with Gasteiger partial charge in [0.1, 0.15) is 0 Å². The van der Waals surface area contributed by atoms with Gasteiger partial charge in [-0.15, -0.1) is 11.3 Å². The fourth-order valence-corrected chi connectivity index (χ4v) is 2.26. The Morgan fingerprint density at radius 2 is 2.44 bits per heavy atom. The molecule has 0 aliphatic heterocycles. The van der Waals surface area contributed by atoms with Gasteiger partial charge in [-0.25, -0.2) is 4.98 Å². The normalized spacial score (nSPS) is 12.9. The van der Waals surface area contributed by atoms with Crippen LogP contribution in [-0.4, -0.2) is 21.3 Å². The summed E-state index contributed by atoms with van der Waals surface area (Å²) in [6.45, 7) is 4.00. The van der Waals surface area contributed by atoms with E-state index in [2.05, 4.69) is 22.3 Å². The summed E-state index contributed by atoms with van der Waals surface area (Å²) in [4.78, 5) is 4.31. The Labute approximate surface area is 99.3 Å². The third kappa shape index (κ3) is 2.90. The maximum Gasteiger partial charge on any atom is 0.0965 e. The minimum absolute atomic E-state index is 0.469. The molecule has 0 aromatic carbocycles. The van der Waals surface area contributed by atoms with Crippen LogP contribution in [0, 0.1) is 0 Å². The van der Waals surface area contributed by atoms with Crippen LogP contribution in [-0.2, 0) is 13.6 Å². The summed E-state index contributed by atoms with van der Waals surface area (Å²) in [5, 5.41) is 10.8. The lowest BCUT2D eigenvalue weighted by Crippen LogP contribution is -2.19. The van der Waals surface area contributed by atoms with E-state index in [0.717, 1.165) is 13.1 Å². The van der Waals surface area contributed by atoms with Gasteiger partial charge < -0.3 is 5.32 Å². The highest BCUT2D eigenvalue weighted by Crippen LogP contribution is 2.16. The lowest BCUT2D eigenvalue weighted by atomic mass is 10.2. The van der Waals surface area contributed by atoms with E-state index in [1.54, 1.807) is 11.3 Å². The first kappa shape index (κ1) is 11.3. The Morgan fingerprint density at radius 1 is 1.56 bits per heavy atom. The smallest absolute Gasteiger partial charge is 0.0965 e. The zero-order valence-corrected chi connectivity index (χ0v) is 10.4. The van der Waals surface area contributed by atoms with Crippen molar-refractivity contribution >= 4 is 11.3 Å². The quantitative estimate of drug-likeness (QED) is 0.860. The summed E-state index contributed by atoms with van der Waals surface area (Å²) >= 11 is 1.71. The molecule has 0 saturated heterocycles. The summed E-state index contributed by atoms with van der Waals surface area (Å²) in [5.74, 6) is 0.469. The Hall–Kier alpha value is -1.20. The Kier molecular flexibility index (Phi) is 3.69. The summed E-state index contributed by atoms with van der Waals surface area (Å²) in [7, 11) is 1.93. The monoisotopic (exact) mass is 236 g/mol. The van der Waals surface area contributed by atoms with Crippen molar-refractivity contribution in [1.29, 1.82) is 0 Å². The van der Waals surface area contributed by atoms with Crippen molar-refractivity contribution in [3.63, 3.8) is 0 Å². The van der Waals surface area contributed by atoms with Gasteiger partial charge in [0.15, 0.2) is 0 Å². The third-order valence-electron chi connectivity index (χ3n) is 2.41. The van der Waals surface area contributed by atoms with E-state index >= 15 is 0 Å². The van der Waals surface area contributed by atoms with Gasteiger partial charge in [-0.05, 0) is 0 Å². The summed E-state index contributed by atoms with van der Waals surface area (Å²) in [6.07, 6.45) is 5.78. The van der Waals surface area contributed by atoms with E-state index in [1.165, 1.54) is 10.6 Å². The molecule has 0 fully saturated rings. The minimum atomic E-state index is 0.469. The largest absolute Gasteiger partial charge is 0.312 e. The van der Waals surface area contributed by atoms with Crippen LogP contribution in [0.2, 0.25) is 0 Å². The second-order valence-corrected chi connectivity index (χ2v) is 4.85. The number of thiazole rings is 1. The number of hydrogen-bond acceptors (Lipinski definition) is 4. The van der Waals surface area contributed by atoms with Gasteiger partial charge >= 0.3 is 0 Å². The molecule has 1 atom stereocenters. The van der Waals surface area contributed by atoms with Crippen molar-refractivity contribution in [3.05, 3.63) is 34.5 Å². The van der Waals surface area contributed by atoms with Crippen molar-refractivity contribution < 1.29 is 0 Å². The molecule has 1 unspecified atom stereocenters. The van der Waals surface area contributed by atoms with Crippen molar-refractivity contribution in [3.8, 4) is 0 Å². The lowest BCUT2D eigenvalue weighted by Gasteiger charge is -2.08. The van der Waals surface area contributed by atoms with Crippen LogP contribution in [0.1, 0.15) is 23.4 Å². The molecule has 2 rings (SSSR count). The molecule has 2 aromatic rings. The van der Waals surface area contributed by atoms with Crippen LogP contribution in [0.4, 0.5) is 0 Å². The zero-order chi connectivity index (χ0) is 11.4. The third-order valence-corrected chi connectivity index (χ3v) is 3.42. The molecule has 2 heterocycles. The number of rotatable bonds is 5. The van der Waals surface area contributed by atoms with E-state index in [9.17, 15) is 0 Å². The fourth-order valence-electron chi connectivity index (χ4n) is 1.56. The van der Waals surface area contributed by atoms with Gasteiger partial charge in [0, 0.05) is 49.4 Å². The Bertz CT molecular complexity index is 421. The van der Waals surface area contributed by atoms with Crippen LogP contribution in [0.5, 0.6) is 0 Å². The highest BCUT2D eigenvalue weighted by atomic mass is 32.1. The molecule has 86 valence electrons. The molecule has 0 aliphatic carbocycles. The van der Waals surface area contributed by atoms with Crippen LogP contribution in [0.15, 0.2) is 24.0 Å². The number of nitrogens with zero attached hydrogens (tertiary/aromatic N) is 3. The molecule has 5 heteroatoms. The molecule has 0 aliphatic rings. The Balaban J connectivity index is 1.76. The average Bonchev–Trinajstić information content (AvgIpc) is 2.89. The van der Waals surface area contributed by atoms with Crippen LogP contribution >= 0.6 is 11.3 Å². The molecule has 0 radical (unpaired) electrons. The highest BCUT2D eigenvalue weighted by molar-refractivity contribution is 7.09. The maximum absolute atomic E-state index is 4.31. The second kappa shape index (κ2) is 5.23. The molecule has 0 bridgehead atoms. The number of aryl methyl sites for hydroxylation is 1. The maximum atomic E-state index is 4.31. The van der Waals surface area contributed by atoms with E-state index in [-0.39, 0.29) is 0 Å². The van der Waals surface area contributed by atoms with Crippen molar-refractivity contribution in [2.45, 2.75) is 19.4 Å². The second-order valence-electron chi connectivity index (χ2n) is 3.92. The molecule has 1 N–H and O–H groups in total. The molecule has 0 spiro atoms. The zero-order valence-electron chi connectivity index (χ0n) is 9.55. The van der Waals surface area contributed by atoms with Gasteiger partial charge in [0.2, 0.25) is 0 Å². The predicted octanol–water partition coefficient (Wildman–Crippen LogP) is 1.77. The lowest BCUT2D eigenvalue weighted by molar-refractivity contribution is 0.612. The summed E-state index contributed by atoms with van der Waals surface area (Å²) < 4.78 is 1.82. The van der Waals surface area contributed by atoms with Gasteiger partial charge in [0.25, 0.3) is 0 Å². The van der Waals surface area contributed by atoms with E-state index in [4.69, 9.17) is 0 Å². The van der Waals surface area contributed by atoms with E-state index in [0.29, 0.717) is 5.92 Å². The highest BCUT2D eigenvalue weighted by Gasteiger charge is 2.07. The van der Waals surface area contributed by atoms with Gasteiger partial charge in [-0.3, -0.25) is 4.68 Å². The molecule has 2 aromatic heterocycles. The SMILES string of the molecule is CC(CNCc1cnn(C)c1)c1nccs1. The molecule has 4 nitrogen and oxygen atoms in total. The number of aromatic nitrogens is 3. The molecular formula is C11H16N4S. The van der Waals surface area contributed by atoms with Crippen molar-refractivity contribution in [1.82, 2.24) is 20.1 Å². The fraction of sp³-hybridized carbons (Fsp3) is 0.455. The number of hydrogen-bond donors (Lipinski definition) is 1. The Morgan fingerprint density at radius 3 is 3.06 bits per heavy atom. The summed E-state index contributed by atoms with van der Waals surface area (Å²) in [5.41, 5.74) is 1.22. The molecule has 0 amide bonds. The average molecular weight is 236 g/mol. The number of nitrogens with one attached hydrogen (secondary N) is 1. The summed E-state index contributed by atoms with van der Waals surface area (Å²) in [6, 6.07) is 0. The van der Waals surface area contributed by atoms with E-state index < -0.39 is 0 Å². The first-order valence-corrected chi connectivity index (χ1v) is 6.21. The predicted molar refractivity (Wildman–Crippen MR) is 65.4 cm³/mol. The van der Waals surface area contributed by atoms with Crippen molar-refractivity contribution in [2.75, 3.05) is 6.54 Å². The van der Waals surface area contributed by atoms with Crippen LogP contribution in [0.3, 0.4) is 0 Å². The van der Waals surface area contributed by atoms with Gasteiger partial charge in [-0.1, -0.05) is 6.92 Å². The topological polar surface area (TPSA) is 42.7 Å².